The average molecular weight is 301 g/mol. The van der Waals surface area contributed by atoms with E-state index in [9.17, 15) is 4.39 Å². The van der Waals surface area contributed by atoms with Gasteiger partial charge in [-0.2, -0.15) is 0 Å². The van der Waals surface area contributed by atoms with Crippen LogP contribution in [0.4, 0.5) is 4.39 Å². The lowest BCUT2D eigenvalue weighted by molar-refractivity contribution is -0.0714. The molecule has 2 atom stereocenters. The Labute approximate surface area is 125 Å². The number of halogens is 2. The predicted octanol–water partition coefficient (Wildman–Crippen LogP) is 2.85. The normalized spacial score (nSPS) is 24.0. The van der Waals surface area contributed by atoms with Gasteiger partial charge in [-0.15, -0.1) is 0 Å². The zero-order chi connectivity index (χ0) is 14.5. The number of hydrogen-bond acceptors (Lipinski definition) is 3. The largest absolute Gasteiger partial charge is 0.374 e. The van der Waals surface area contributed by atoms with Crippen molar-refractivity contribution in [3.63, 3.8) is 0 Å². The summed E-state index contributed by atoms with van der Waals surface area (Å²) in [6, 6.07) is 4.84. The smallest absolute Gasteiger partial charge is 0.129 e. The summed E-state index contributed by atoms with van der Waals surface area (Å²) in [7, 11) is 1.89. The highest BCUT2D eigenvalue weighted by molar-refractivity contribution is 6.30. The molecule has 1 fully saturated rings. The van der Waals surface area contributed by atoms with Crippen LogP contribution in [0.25, 0.3) is 0 Å². The van der Waals surface area contributed by atoms with Crippen LogP contribution in [-0.2, 0) is 4.74 Å². The Balaban J connectivity index is 2.32. The number of hydrogen-bond donors (Lipinski definition) is 1. The van der Waals surface area contributed by atoms with Crippen LogP contribution in [0.5, 0.6) is 0 Å². The van der Waals surface area contributed by atoms with Crippen molar-refractivity contribution in [2.45, 2.75) is 25.5 Å². The van der Waals surface area contributed by atoms with Crippen LogP contribution in [0, 0.1) is 5.82 Å². The first-order valence-corrected chi connectivity index (χ1v) is 7.50. The van der Waals surface area contributed by atoms with Crippen LogP contribution in [0.15, 0.2) is 18.2 Å². The molecule has 0 aromatic heterocycles. The molecule has 2 unspecified atom stereocenters. The molecule has 1 N–H and O–H groups in total. The topological polar surface area (TPSA) is 24.5 Å². The lowest BCUT2D eigenvalue weighted by atomic mass is 9.97. The Hall–Kier alpha value is -0.680. The quantitative estimate of drug-likeness (QED) is 0.905. The number of rotatable bonds is 5. The van der Waals surface area contributed by atoms with E-state index in [4.69, 9.17) is 16.3 Å². The monoisotopic (exact) mass is 300 g/mol. The Bertz CT molecular complexity index is 426. The summed E-state index contributed by atoms with van der Waals surface area (Å²) in [6.07, 6.45) is 0.994. The minimum absolute atomic E-state index is 0.0454. The molecule has 0 saturated carbocycles. The molecule has 3 nitrogen and oxygen atoms in total. The highest BCUT2D eigenvalue weighted by Crippen LogP contribution is 2.32. The van der Waals surface area contributed by atoms with Crippen LogP contribution in [0.3, 0.4) is 0 Å². The third-order valence-corrected chi connectivity index (χ3v) is 3.89. The Morgan fingerprint density at radius 2 is 2.30 bits per heavy atom. The van der Waals surface area contributed by atoms with Crippen LogP contribution in [0.1, 0.15) is 24.9 Å². The Kier molecular flexibility index (Phi) is 5.78. The summed E-state index contributed by atoms with van der Waals surface area (Å²) < 4.78 is 20.1. The third kappa shape index (κ3) is 3.50. The maximum absolute atomic E-state index is 14.3. The van der Waals surface area contributed by atoms with Gasteiger partial charge in [-0.1, -0.05) is 24.6 Å². The van der Waals surface area contributed by atoms with Gasteiger partial charge >= 0.3 is 0 Å². The molecule has 1 heterocycles. The molecule has 5 heteroatoms. The van der Waals surface area contributed by atoms with Crippen molar-refractivity contribution in [2.75, 3.05) is 33.3 Å². The van der Waals surface area contributed by atoms with Crippen molar-refractivity contribution in [2.24, 2.45) is 0 Å². The fourth-order valence-corrected chi connectivity index (χ4v) is 2.99. The van der Waals surface area contributed by atoms with Gasteiger partial charge in [0.05, 0.1) is 18.8 Å². The Morgan fingerprint density at radius 1 is 1.50 bits per heavy atom. The predicted molar refractivity (Wildman–Crippen MR) is 79.7 cm³/mol. The highest BCUT2D eigenvalue weighted by Gasteiger charge is 2.34. The average Bonchev–Trinajstić information content (AvgIpc) is 2.41. The fraction of sp³-hybridized carbons (Fsp3) is 0.600. The summed E-state index contributed by atoms with van der Waals surface area (Å²) in [5.41, 5.74) is 0.669. The SMILES string of the molecule is CCCN1CCOC(CNC)C1c1ccc(Cl)cc1F. The zero-order valence-electron chi connectivity index (χ0n) is 12.0. The molecule has 1 aliphatic rings. The molecule has 2 rings (SSSR count). The van der Waals surface area contributed by atoms with E-state index >= 15 is 0 Å². The molecule has 0 radical (unpaired) electrons. The number of likely N-dealkylation sites (N-methyl/N-ethyl adjacent to an activating group) is 1. The lowest BCUT2D eigenvalue weighted by Crippen LogP contribution is -2.49. The van der Waals surface area contributed by atoms with Gasteiger partial charge in [-0.05, 0) is 32.1 Å². The number of nitrogens with zero attached hydrogens (tertiary/aromatic N) is 1. The van der Waals surface area contributed by atoms with E-state index in [-0.39, 0.29) is 18.0 Å². The molecule has 0 aliphatic carbocycles. The van der Waals surface area contributed by atoms with Gasteiger partial charge in [0.25, 0.3) is 0 Å². The summed E-state index contributed by atoms with van der Waals surface area (Å²) in [5.74, 6) is -0.254. The molecule has 20 heavy (non-hydrogen) atoms. The van der Waals surface area contributed by atoms with Gasteiger partial charge in [-0.25, -0.2) is 4.39 Å². The summed E-state index contributed by atoms with van der Waals surface area (Å²) in [6.45, 7) is 5.31. The second-order valence-electron chi connectivity index (χ2n) is 5.11. The maximum atomic E-state index is 14.3. The third-order valence-electron chi connectivity index (χ3n) is 3.65. The van der Waals surface area contributed by atoms with Crippen molar-refractivity contribution in [1.29, 1.82) is 0 Å². The maximum Gasteiger partial charge on any atom is 0.129 e. The molecular formula is C15H22ClFN2O. The number of morpholine rings is 1. The molecule has 0 amide bonds. The van der Waals surface area contributed by atoms with Gasteiger partial charge in [-0.3, -0.25) is 4.90 Å². The molecule has 0 bridgehead atoms. The van der Waals surface area contributed by atoms with E-state index in [0.29, 0.717) is 23.7 Å². The van der Waals surface area contributed by atoms with E-state index in [0.717, 1.165) is 19.5 Å². The molecule has 0 spiro atoms. The Morgan fingerprint density at radius 3 is 2.95 bits per heavy atom. The van der Waals surface area contributed by atoms with Gasteiger partial charge in [0.2, 0.25) is 0 Å². The molecule has 1 aromatic carbocycles. The van der Waals surface area contributed by atoms with Crippen LogP contribution in [-0.4, -0.2) is 44.3 Å². The summed E-state index contributed by atoms with van der Waals surface area (Å²) in [4.78, 5) is 2.30. The van der Waals surface area contributed by atoms with Gasteiger partial charge < -0.3 is 10.1 Å². The summed E-state index contributed by atoms with van der Waals surface area (Å²) >= 11 is 5.85. The highest BCUT2D eigenvalue weighted by atomic mass is 35.5. The minimum atomic E-state index is -0.254. The second kappa shape index (κ2) is 7.36. The molecule has 1 aliphatic heterocycles. The number of benzene rings is 1. The standard InChI is InChI=1S/C15H22ClFN2O/c1-3-6-19-7-8-20-14(10-18-2)15(19)12-5-4-11(16)9-13(12)17/h4-5,9,14-15,18H,3,6-8,10H2,1-2H3. The van der Waals surface area contributed by atoms with Crippen molar-refractivity contribution in [1.82, 2.24) is 10.2 Å². The first-order chi connectivity index (χ1) is 9.67. The first kappa shape index (κ1) is 15.7. The molecular weight excluding hydrogens is 279 g/mol. The summed E-state index contributed by atoms with van der Waals surface area (Å²) in [5, 5.41) is 3.56. The van der Waals surface area contributed by atoms with Crippen LogP contribution >= 0.6 is 11.6 Å². The number of ether oxygens (including phenoxy) is 1. The van der Waals surface area contributed by atoms with E-state index in [1.54, 1.807) is 12.1 Å². The zero-order valence-corrected chi connectivity index (χ0v) is 12.8. The minimum Gasteiger partial charge on any atom is -0.374 e. The molecule has 1 saturated heterocycles. The van der Waals surface area contributed by atoms with Crippen molar-refractivity contribution < 1.29 is 9.13 Å². The van der Waals surface area contributed by atoms with Gasteiger partial charge in [0.15, 0.2) is 0 Å². The van der Waals surface area contributed by atoms with E-state index in [1.807, 2.05) is 7.05 Å². The lowest BCUT2D eigenvalue weighted by Gasteiger charge is -2.41. The van der Waals surface area contributed by atoms with Crippen molar-refractivity contribution in [3.05, 3.63) is 34.6 Å². The molecule has 1 aromatic rings. The van der Waals surface area contributed by atoms with Crippen molar-refractivity contribution >= 4 is 11.6 Å². The number of nitrogens with one attached hydrogen (secondary N) is 1. The molecule has 112 valence electrons. The second-order valence-corrected chi connectivity index (χ2v) is 5.55. The van der Waals surface area contributed by atoms with Gasteiger partial charge in [0, 0.05) is 23.7 Å². The van der Waals surface area contributed by atoms with E-state index in [2.05, 4.69) is 17.1 Å². The van der Waals surface area contributed by atoms with Crippen LogP contribution < -0.4 is 5.32 Å². The van der Waals surface area contributed by atoms with Gasteiger partial charge in [0.1, 0.15) is 5.82 Å². The van der Waals surface area contributed by atoms with E-state index < -0.39 is 0 Å². The fourth-order valence-electron chi connectivity index (χ4n) is 2.83. The van der Waals surface area contributed by atoms with Crippen molar-refractivity contribution in [3.8, 4) is 0 Å². The first-order valence-electron chi connectivity index (χ1n) is 7.12. The van der Waals surface area contributed by atoms with E-state index in [1.165, 1.54) is 6.07 Å². The van der Waals surface area contributed by atoms with Crippen LogP contribution in [0.2, 0.25) is 5.02 Å².